The molecule has 1 amide bonds. The number of rotatable bonds is 5. The molecule has 1 fully saturated rings. The number of alkyl carbamates (subject to hydrolysis) is 1. The molecule has 2 atom stereocenters. The number of aromatic nitrogens is 1. The third-order valence-corrected chi connectivity index (χ3v) is 4.97. The van der Waals surface area contributed by atoms with E-state index in [9.17, 15) is 18.8 Å². The normalized spacial score (nSPS) is 18.4. The lowest BCUT2D eigenvalue weighted by Crippen LogP contribution is -2.50. The molecular weight excluding hydrogens is 416 g/mol. The van der Waals surface area contributed by atoms with Crippen LogP contribution in [0.2, 0.25) is 0 Å². The number of hydrogen-bond donors (Lipinski definition) is 3. The predicted octanol–water partition coefficient (Wildman–Crippen LogP) is 5.22. The van der Waals surface area contributed by atoms with Gasteiger partial charge in [-0.15, -0.1) is 0 Å². The molecule has 3 N–H and O–H groups in total. The molecule has 1 aromatic heterocycles. The number of hydrogen-bond acceptors (Lipinski definition) is 6. The third-order valence-electron chi connectivity index (χ3n) is 4.97. The van der Waals surface area contributed by atoms with Crippen LogP contribution in [0, 0.1) is 23.0 Å². The van der Waals surface area contributed by atoms with E-state index in [1.54, 1.807) is 26.8 Å². The first-order chi connectivity index (χ1) is 15.1. The van der Waals surface area contributed by atoms with Gasteiger partial charge in [0.1, 0.15) is 17.5 Å². The molecule has 9 heteroatoms. The molecule has 0 unspecified atom stereocenters. The van der Waals surface area contributed by atoms with E-state index in [4.69, 9.17) is 4.74 Å². The number of benzene rings is 1. The van der Waals surface area contributed by atoms with Gasteiger partial charge < -0.3 is 20.7 Å². The summed E-state index contributed by atoms with van der Waals surface area (Å²) in [5.74, 6) is -1.08. The van der Waals surface area contributed by atoms with Gasteiger partial charge in [0.2, 0.25) is 0 Å². The number of nitriles is 1. The number of anilines is 3. The van der Waals surface area contributed by atoms with Crippen molar-refractivity contribution in [1.29, 1.82) is 5.26 Å². The fourth-order valence-corrected chi connectivity index (χ4v) is 3.58. The van der Waals surface area contributed by atoms with E-state index in [0.717, 1.165) is 18.9 Å². The Morgan fingerprint density at radius 1 is 1.16 bits per heavy atom. The van der Waals surface area contributed by atoms with Crippen LogP contribution in [-0.2, 0) is 4.74 Å². The Morgan fingerprint density at radius 3 is 2.53 bits per heavy atom. The Bertz CT molecular complexity index is 1020. The molecule has 32 heavy (non-hydrogen) atoms. The van der Waals surface area contributed by atoms with E-state index >= 15 is 0 Å². The van der Waals surface area contributed by atoms with Gasteiger partial charge in [-0.3, -0.25) is 0 Å². The van der Waals surface area contributed by atoms with Gasteiger partial charge in [-0.1, -0.05) is 18.9 Å². The maximum atomic E-state index is 14.7. The Balaban J connectivity index is 1.80. The van der Waals surface area contributed by atoms with Gasteiger partial charge >= 0.3 is 6.09 Å². The minimum atomic E-state index is -0.687. The summed E-state index contributed by atoms with van der Waals surface area (Å²) in [6, 6.07) is 8.12. The summed E-state index contributed by atoms with van der Waals surface area (Å²) in [5.41, 5.74) is -0.252. The fraction of sp³-hybridized carbons (Fsp3) is 0.435. The second-order valence-corrected chi connectivity index (χ2v) is 8.75. The number of halogens is 2. The van der Waals surface area contributed by atoms with Crippen LogP contribution in [0.25, 0.3) is 0 Å². The minimum absolute atomic E-state index is 0.00983. The van der Waals surface area contributed by atoms with Crippen molar-refractivity contribution in [2.24, 2.45) is 0 Å². The van der Waals surface area contributed by atoms with Crippen LogP contribution in [0.15, 0.2) is 30.3 Å². The zero-order valence-electron chi connectivity index (χ0n) is 18.3. The number of amides is 1. The maximum Gasteiger partial charge on any atom is 0.407 e. The number of carbonyl (C=O) groups is 1. The first kappa shape index (κ1) is 23.3. The lowest BCUT2D eigenvalue weighted by atomic mass is 9.90. The Kier molecular flexibility index (Phi) is 7.13. The molecule has 3 rings (SSSR count). The third kappa shape index (κ3) is 6.30. The van der Waals surface area contributed by atoms with E-state index in [1.165, 1.54) is 18.2 Å². The highest BCUT2D eigenvalue weighted by molar-refractivity contribution is 5.68. The van der Waals surface area contributed by atoms with E-state index in [2.05, 4.69) is 20.9 Å². The molecule has 0 saturated heterocycles. The molecular formula is C23H27F2N5O2. The van der Waals surface area contributed by atoms with Crippen molar-refractivity contribution in [3.8, 4) is 6.07 Å². The van der Waals surface area contributed by atoms with Gasteiger partial charge in [0, 0.05) is 11.7 Å². The molecule has 2 aromatic rings. The SMILES string of the molecule is CC(C)(C)OC(=O)N[C@H]1CCCC[C@H]1Nc1nc(Nc2cccc(F)c2)c(C#N)cc1F. The zero-order chi connectivity index (χ0) is 23.3. The largest absolute Gasteiger partial charge is 0.444 e. The lowest BCUT2D eigenvalue weighted by molar-refractivity contribution is 0.0488. The van der Waals surface area contributed by atoms with Gasteiger partial charge in [0.05, 0.1) is 11.6 Å². The molecule has 1 heterocycles. The Hall–Kier alpha value is -3.41. The van der Waals surface area contributed by atoms with Gasteiger partial charge in [-0.2, -0.15) is 5.26 Å². The smallest absolute Gasteiger partial charge is 0.407 e. The van der Waals surface area contributed by atoms with E-state index in [1.807, 2.05) is 6.07 Å². The Labute approximate surface area is 186 Å². The van der Waals surface area contributed by atoms with E-state index < -0.39 is 23.3 Å². The number of pyridine rings is 1. The Morgan fingerprint density at radius 2 is 1.88 bits per heavy atom. The van der Waals surface area contributed by atoms with Crippen LogP contribution in [0.3, 0.4) is 0 Å². The highest BCUT2D eigenvalue weighted by Crippen LogP contribution is 2.27. The van der Waals surface area contributed by atoms with Crippen LogP contribution in [-0.4, -0.2) is 28.8 Å². The van der Waals surface area contributed by atoms with Crippen LogP contribution >= 0.6 is 0 Å². The van der Waals surface area contributed by atoms with Crippen LogP contribution in [0.4, 0.5) is 30.9 Å². The molecule has 0 spiro atoms. The number of ether oxygens (including phenoxy) is 1. The quantitative estimate of drug-likeness (QED) is 0.586. The molecule has 0 aliphatic heterocycles. The highest BCUT2D eigenvalue weighted by Gasteiger charge is 2.29. The van der Waals surface area contributed by atoms with Crippen molar-refractivity contribution in [3.63, 3.8) is 0 Å². The van der Waals surface area contributed by atoms with Crippen molar-refractivity contribution in [3.05, 3.63) is 47.5 Å². The molecule has 1 aromatic carbocycles. The van der Waals surface area contributed by atoms with Crippen molar-refractivity contribution in [2.45, 2.75) is 64.1 Å². The summed E-state index contributed by atoms with van der Waals surface area (Å²) in [6.07, 6.45) is 2.72. The minimum Gasteiger partial charge on any atom is -0.444 e. The molecule has 170 valence electrons. The maximum absolute atomic E-state index is 14.7. The van der Waals surface area contributed by atoms with E-state index in [0.29, 0.717) is 18.5 Å². The van der Waals surface area contributed by atoms with Crippen LogP contribution in [0.1, 0.15) is 52.0 Å². The average molecular weight is 443 g/mol. The second-order valence-electron chi connectivity index (χ2n) is 8.75. The summed E-state index contributed by atoms with van der Waals surface area (Å²) in [5, 5.41) is 18.2. The van der Waals surface area contributed by atoms with Crippen LogP contribution < -0.4 is 16.0 Å². The second kappa shape index (κ2) is 9.81. The summed E-state index contributed by atoms with van der Waals surface area (Å²) in [4.78, 5) is 16.5. The van der Waals surface area contributed by atoms with Gasteiger partial charge in [-0.25, -0.2) is 18.6 Å². The van der Waals surface area contributed by atoms with Crippen LogP contribution in [0.5, 0.6) is 0 Å². The van der Waals surface area contributed by atoms with Crippen molar-refractivity contribution in [2.75, 3.05) is 10.6 Å². The van der Waals surface area contributed by atoms with Gasteiger partial charge in [0.15, 0.2) is 17.5 Å². The molecule has 1 saturated carbocycles. The highest BCUT2D eigenvalue weighted by atomic mass is 19.1. The number of nitrogens with one attached hydrogen (secondary N) is 3. The first-order valence-corrected chi connectivity index (χ1v) is 10.5. The average Bonchev–Trinajstić information content (AvgIpc) is 2.70. The van der Waals surface area contributed by atoms with E-state index in [-0.39, 0.29) is 29.3 Å². The zero-order valence-corrected chi connectivity index (χ0v) is 18.3. The molecule has 0 bridgehead atoms. The summed E-state index contributed by atoms with van der Waals surface area (Å²) in [6.45, 7) is 5.35. The molecule has 7 nitrogen and oxygen atoms in total. The molecule has 0 radical (unpaired) electrons. The summed E-state index contributed by atoms with van der Waals surface area (Å²) < 4.78 is 33.6. The molecule has 1 aliphatic rings. The van der Waals surface area contributed by atoms with Gasteiger partial charge in [-0.05, 0) is 57.9 Å². The van der Waals surface area contributed by atoms with Crippen molar-refractivity contribution < 1.29 is 18.3 Å². The fourth-order valence-electron chi connectivity index (χ4n) is 3.58. The standard InChI is InChI=1S/C23H27F2N5O2/c1-23(2,3)32-22(31)29-19-10-5-4-9-18(19)28-21-17(25)11-14(13-26)20(30-21)27-16-8-6-7-15(24)12-16/h6-8,11-12,18-19H,4-5,9-10H2,1-3H3,(H,29,31)(H2,27,28,30)/t18-,19+/m1/s1. The topological polar surface area (TPSA) is 99.1 Å². The number of carbonyl (C=O) groups excluding carboxylic acids is 1. The monoisotopic (exact) mass is 443 g/mol. The summed E-state index contributed by atoms with van der Waals surface area (Å²) >= 11 is 0. The molecule has 1 aliphatic carbocycles. The predicted molar refractivity (Wildman–Crippen MR) is 118 cm³/mol. The summed E-state index contributed by atoms with van der Waals surface area (Å²) in [7, 11) is 0. The first-order valence-electron chi connectivity index (χ1n) is 10.5. The van der Waals surface area contributed by atoms with Crippen molar-refractivity contribution in [1.82, 2.24) is 10.3 Å². The van der Waals surface area contributed by atoms with Crippen molar-refractivity contribution >= 4 is 23.4 Å². The van der Waals surface area contributed by atoms with Gasteiger partial charge in [0.25, 0.3) is 0 Å². The lowest BCUT2D eigenvalue weighted by Gasteiger charge is -2.33. The number of nitrogens with zero attached hydrogens (tertiary/aromatic N) is 2.